The lowest BCUT2D eigenvalue weighted by Crippen LogP contribution is -2.27. The summed E-state index contributed by atoms with van der Waals surface area (Å²) in [5, 5.41) is 3.08. The standard InChI is InChI=1S/C14H19F4NO/c1-2-8-19-13(10-20-9-7-14(16,17)18)11-5-3-4-6-12(11)15/h3-6,13,19H,2,7-10H2,1H3. The maximum absolute atomic E-state index is 13.7. The van der Waals surface area contributed by atoms with Gasteiger partial charge in [-0.25, -0.2) is 4.39 Å². The molecule has 0 heterocycles. The quantitative estimate of drug-likeness (QED) is 0.581. The van der Waals surface area contributed by atoms with Crippen molar-refractivity contribution < 1.29 is 22.3 Å². The Morgan fingerprint density at radius 2 is 1.95 bits per heavy atom. The second kappa shape index (κ2) is 8.21. The SMILES string of the molecule is CCCNC(COCCC(F)(F)F)c1ccccc1F. The van der Waals surface area contributed by atoms with Gasteiger partial charge in [-0.1, -0.05) is 25.1 Å². The molecule has 1 rings (SSSR count). The van der Waals surface area contributed by atoms with Gasteiger partial charge in [0, 0.05) is 5.56 Å². The van der Waals surface area contributed by atoms with Crippen LogP contribution in [0.3, 0.4) is 0 Å². The number of rotatable bonds is 8. The van der Waals surface area contributed by atoms with Crippen LogP contribution >= 0.6 is 0 Å². The molecule has 0 bridgehead atoms. The fourth-order valence-corrected chi connectivity index (χ4v) is 1.72. The Morgan fingerprint density at radius 1 is 1.25 bits per heavy atom. The van der Waals surface area contributed by atoms with Crippen LogP contribution in [0.1, 0.15) is 31.4 Å². The first kappa shape index (κ1) is 16.9. The number of nitrogens with one attached hydrogen (secondary N) is 1. The molecule has 1 atom stereocenters. The van der Waals surface area contributed by atoms with Crippen LogP contribution in [-0.2, 0) is 4.74 Å². The van der Waals surface area contributed by atoms with Gasteiger partial charge < -0.3 is 10.1 Å². The lowest BCUT2D eigenvalue weighted by molar-refractivity contribution is -0.145. The van der Waals surface area contributed by atoms with Crippen LogP contribution in [0, 0.1) is 5.82 Å². The molecule has 6 heteroatoms. The van der Waals surface area contributed by atoms with Gasteiger partial charge in [-0.05, 0) is 19.0 Å². The van der Waals surface area contributed by atoms with Crippen LogP contribution in [0.5, 0.6) is 0 Å². The van der Waals surface area contributed by atoms with Gasteiger partial charge in [-0.15, -0.1) is 0 Å². The molecule has 0 saturated heterocycles. The van der Waals surface area contributed by atoms with E-state index in [2.05, 4.69) is 5.32 Å². The molecule has 0 aliphatic heterocycles. The summed E-state index contributed by atoms with van der Waals surface area (Å²) in [5.41, 5.74) is 0.410. The Bertz CT molecular complexity index is 395. The van der Waals surface area contributed by atoms with Crippen molar-refractivity contribution >= 4 is 0 Å². The van der Waals surface area contributed by atoms with Gasteiger partial charge >= 0.3 is 6.18 Å². The molecular weight excluding hydrogens is 274 g/mol. The summed E-state index contributed by atoms with van der Waals surface area (Å²) in [5.74, 6) is -0.388. The first-order valence-corrected chi connectivity index (χ1v) is 6.56. The molecule has 20 heavy (non-hydrogen) atoms. The Labute approximate surface area is 116 Å². The molecule has 0 saturated carbocycles. The van der Waals surface area contributed by atoms with Crippen molar-refractivity contribution in [3.05, 3.63) is 35.6 Å². The van der Waals surface area contributed by atoms with Crippen LogP contribution in [0.4, 0.5) is 17.6 Å². The summed E-state index contributed by atoms with van der Waals surface area (Å²) in [6, 6.07) is 5.75. The van der Waals surface area contributed by atoms with E-state index in [0.29, 0.717) is 12.1 Å². The zero-order valence-electron chi connectivity index (χ0n) is 11.3. The fraction of sp³-hybridized carbons (Fsp3) is 0.571. The topological polar surface area (TPSA) is 21.3 Å². The maximum Gasteiger partial charge on any atom is 0.391 e. The maximum atomic E-state index is 13.7. The van der Waals surface area contributed by atoms with E-state index in [1.807, 2.05) is 6.92 Å². The predicted molar refractivity (Wildman–Crippen MR) is 68.9 cm³/mol. The molecular formula is C14H19F4NO. The molecule has 1 aromatic rings. The Balaban J connectivity index is 2.55. The summed E-state index contributed by atoms with van der Waals surface area (Å²) >= 11 is 0. The van der Waals surface area contributed by atoms with Gasteiger partial charge in [-0.2, -0.15) is 13.2 Å². The van der Waals surface area contributed by atoms with Crippen LogP contribution in [0.25, 0.3) is 0 Å². The van der Waals surface area contributed by atoms with Crippen LogP contribution in [-0.4, -0.2) is 25.9 Å². The molecule has 0 radical (unpaired) electrons. The Kier molecular flexibility index (Phi) is 6.95. The summed E-state index contributed by atoms with van der Waals surface area (Å²) < 4.78 is 54.8. The highest BCUT2D eigenvalue weighted by Crippen LogP contribution is 2.21. The molecule has 0 aromatic heterocycles. The van der Waals surface area contributed by atoms with E-state index >= 15 is 0 Å². The number of ether oxygens (including phenoxy) is 1. The highest BCUT2D eigenvalue weighted by Gasteiger charge is 2.26. The average molecular weight is 293 g/mol. The number of hydrogen-bond donors (Lipinski definition) is 1. The van der Waals surface area contributed by atoms with E-state index in [0.717, 1.165) is 6.42 Å². The number of alkyl halides is 3. The summed E-state index contributed by atoms with van der Waals surface area (Å²) in [6.45, 7) is 2.19. The van der Waals surface area contributed by atoms with Gasteiger partial charge in [0.25, 0.3) is 0 Å². The lowest BCUT2D eigenvalue weighted by atomic mass is 10.1. The summed E-state index contributed by atoms with van der Waals surface area (Å²) in [4.78, 5) is 0. The van der Waals surface area contributed by atoms with Crippen molar-refractivity contribution in [3.8, 4) is 0 Å². The largest absolute Gasteiger partial charge is 0.391 e. The van der Waals surface area contributed by atoms with Crippen LogP contribution in [0.15, 0.2) is 24.3 Å². The van der Waals surface area contributed by atoms with E-state index in [1.165, 1.54) is 6.07 Å². The van der Waals surface area contributed by atoms with Crippen molar-refractivity contribution in [2.45, 2.75) is 32.0 Å². The molecule has 0 aliphatic rings. The first-order chi connectivity index (χ1) is 9.44. The normalized spacial score (nSPS) is 13.4. The molecule has 0 aliphatic carbocycles. The van der Waals surface area contributed by atoms with Crippen molar-refractivity contribution in [2.24, 2.45) is 0 Å². The summed E-state index contributed by atoms with van der Waals surface area (Å²) in [7, 11) is 0. The van der Waals surface area contributed by atoms with Crippen LogP contribution in [0.2, 0.25) is 0 Å². The molecule has 1 N–H and O–H groups in total. The Morgan fingerprint density at radius 3 is 2.55 bits per heavy atom. The smallest absolute Gasteiger partial charge is 0.379 e. The molecule has 0 spiro atoms. The summed E-state index contributed by atoms with van der Waals surface area (Å²) in [6.07, 6.45) is -4.39. The van der Waals surface area contributed by atoms with Crippen molar-refractivity contribution in [3.63, 3.8) is 0 Å². The van der Waals surface area contributed by atoms with E-state index in [-0.39, 0.29) is 12.4 Å². The third kappa shape index (κ3) is 6.34. The third-order valence-electron chi connectivity index (χ3n) is 2.74. The fourth-order valence-electron chi connectivity index (χ4n) is 1.72. The third-order valence-corrected chi connectivity index (χ3v) is 2.74. The highest BCUT2D eigenvalue weighted by atomic mass is 19.4. The lowest BCUT2D eigenvalue weighted by Gasteiger charge is -2.20. The van der Waals surface area contributed by atoms with E-state index in [9.17, 15) is 17.6 Å². The van der Waals surface area contributed by atoms with Gasteiger partial charge in [0.15, 0.2) is 0 Å². The average Bonchev–Trinajstić information content (AvgIpc) is 2.38. The molecule has 0 amide bonds. The van der Waals surface area contributed by atoms with Crippen molar-refractivity contribution in [2.75, 3.05) is 19.8 Å². The van der Waals surface area contributed by atoms with Gasteiger partial charge in [-0.3, -0.25) is 0 Å². The van der Waals surface area contributed by atoms with Gasteiger partial charge in [0.05, 0.1) is 25.7 Å². The zero-order chi connectivity index (χ0) is 15.0. The number of hydrogen-bond acceptors (Lipinski definition) is 2. The minimum absolute atomic E-state index is 0.0109. The molecule has 1 unspecified atom stereocenters. The van der Waals surface area contributed by atoms with Crippen LogP contribution < -0.4 is 5.32 Å². The number of halogens is 4. The van der Waals surface area contributed by atoms with E-state index in [1.54, 1.807) is 18.2 Å². The van der Waals surface area contributed by atoms with Gasteiger partial charge in [0.2, 0.25) is 0 Å². The minimum Gasteiger partial charge on any atom is -0.379 e. The highest BCUT2D eigenvalue weighted by molar-refractivity contribution is 5.21. The molecule has 2 nitrogen and oxygen atoms in total. The second-order valence-electron chi connectivity index (χ2n) is 4.47. The predicted octanol–water partition coefficient (Wildman–Crippen LogP) is 3.84. The van der Waals surface area contributed by atoms with Gasteiger partial charge in [0.1, 0.15) is 5.82 Å². The molecule has 1 aromatic carbocycles. The molecule has 0 fully saturated rings. The monoisotopic (exact) mass is 293 g/mol. The van der Waals surface area contributed by atoms with E-state index in [4.69, 9.17) is 4.74 Å². The minimum atomic E-state index is -4.23. The van der Waals surface area contributed by atoms with Crippen molar-refractivity contribution in [1.29, 1.82) is 0 Å². The van der Waals surface area contributed by atoms with Crippen molar-refractivity contribution in [1.82, 2.24) is 5.32 Å². The number of benzene rings is 1. The Hall–Kier alpha value is -1.14. The first-order valence-electron chi connectivity index (χ1n) is 6.56. The second-order valence-corrected chi connectivity index (χ2v) is 4.47. The zero-order valence-corrected chi connectivity index (χ0v) is 11.3. The molecule has 114 valence electrons. The van der Waals surface area contributed by atoms with E-state index < -0.39 is 25.2 Å².